The molecular formula is C14H29N3. The quantitative estimate of drug-likeness (QED) is 0.760. The molecule has 1 heterocycles. The summed E-state index contributed by atoms with van der Waals surface area (Å²) in [5.74, 6) is 1.94. The number of likely N-dealkylation sites (tertiary alicyclic amines) is 1. The van der Waals surface area contributed by atoms with Crippen LogP contribution in [0.2, 0.25) is 0 Å². The van der Waals surface area contributed by atoms with Crippen LogP contribution in [0, 0.1) is 11.8 Å². The van der Waals surface area contributed by atoms with Crippen molar-refractivity contribution < 1.29 is 0 Å². The lowest BCUT2D eigenvalue weighted by atomic mass is 9.85. The molecule has 0 aromatic carbocycles. The second-order valence-electron chi connectivity index (χ2n) is 6.09. The van der Waals surface area contributed by atoms with Crippen LogP contribution >= 0.6 is 0 Å². The van der Waals surface area contributed by atoms with Gasteiger partial charge in [0.2, 0.25) is 0 Å². The third-order valence-electron chi connectivity index (χ3n) is 4.52. The highest BCUT2D eigenvalue weighted by Crippen LogP contribution is 2.27. The summed E-state index contributed by atoms with van der Waals surface area (Å²) < 4.78 is 0. The van der Waals surface area contributed by atoms with Gasteiger partial charge in [-0.25, -0.2) is 0 Å². The van der Waals surface area contributed by atoms with Gasteiger partial charge < -0.3 is 15.5 Å². The van der Waals surface area contributed by atoms with Crippen molar-refractivity contribution in [3.05, 3.63) is 0 Å². The van der Waals surface area contributed by atoms with E-state index in [1.807, 2.05) is 0 Å². The second kappa shape index (κ2) is 6.72. The minimum absolute atomic E-state index is 0.812. The van der Waals surface area contributed by atoms with Crippen LogP contribution in [0.3, 0.4) is 0 Å². The first kappa shape index (κ1) is 13.3. The van der Waals surface area contributed by atoms with E-state index in [1.165, 1.54) is 58.3 Å². The van der Waals surface area contributed by atoms with Gasteiger partial charge in [0.1, 0.15) is 0 Å². The first-order valence-electron chi connectivity index (χ1n) is 7.39. The molecule has 2 aliphatic rings. The van der Waals surface area contributed by atoms with Gasteiger partial charge in [0.25, 0.3) is 0 Å². The van der Waals surface area contributed by atoms with Crippen LogP contribution in [0.25, 0.3) is 0 Å². The Kier molecular flexibility index (Phi) is 5.26. The van der Waals surface area contributed by atoms with Crippen molar-refractivity contribution in [3.8, 4) is 0 Å². The average molecular weight is 239 g/mol. The SMILES string of the molecule is CN(CC1CCC1)CC1CCN(CCN)CC1. The van der Waals surface area contributed by atoms with Crippen LogP contribution in [0.4, 0.5) is 0 Å². The van der Waals surface area contributed by atoms with Crippen molar-refractivity contribution in [2.75, 3.05) is 46.3 Å². The third-order valence-corrected chi connectivity index (χ3v) is 4.52. The Hall–Kier alpha value is -0.120. The smallest absolute Gasteiger partial charge is 0.0105 e. The molecule has 1 aliphatic carbocycles. The Morgan fingerprint density at radius 2 is 1.65 bits per heavy atom. The van der Waals surface area contributed by atoms with E-state index >= 15 is 0 Å². The van der Waals surface area contributed by atoms with E-state index in [4.69, 9.17) is 5.73 Å². The van der Waals surface area contributed by atoms with Crippen molar-refractivity contribution >= 4 is 0 Å². The van der Waals surface area contributed by atoms with Crippen LogP contribution in [-0.4, -0.2) is 56.1 Å². The Labute approximate surface area is 106 Å². The molecule has 0 atom stereocenters. The van der Waals surface area contributed by atoms with Gasteiger partial charge in [-0.1, -0.05) is 6.42 Å². The summed E-state index contributed by atoms with van der Waals surface area (Å²) in [5, 5.41) is 0. The molecule has 3 nitrogen and oxygen atoms in total. The summed E-state index contributed by atoms with van der Waals surface area (Å²) in [7, 11) is 2.31. The van der Waals surface area contributed by atoms with E-state index in [-0.39, 0.29) is 0 Å². The van der Waals surface area contributed by atoms with Gasteiger partial charge in [-0.15, -0.1) is 0 Å². The molecule has 0 spiro atoms. The first-order chi connectivity index (χ1) is 8.28. The number of hydrogen-bond donors (Lipinski definition) is 1. The second-order valence-corrected chi connectivity index (χ2v) is 6.09. The summed E-state index contributed by atoms with van der Waals surface area (Å²) in [6.45, 7) is 7.07. The lowest BCUT2D eigenvalue weighted by molar-refractivity contribution is 0.136. The lowest BCUT2D eigenvalue weighted by Gasteiger charge is -2.36. The van der Waals surface area contributed by atoms with Crippen LogP contribution in [0.15, 0.2) is 0 Å². The van der Waals surface area contributed by atoms with Crippen LogP contribution in [-0.2, 0) is 0 Å². The zero-order valence-corrected chi connectivity index (χ0v) is 11.4. The Balaban J connectivity index is 1.59. The van der Waals surface area contributed by atoms with Gasteiger partial charge in [-0.05, 0) is 57.7 Å². The monoisotopic (exact) mass is 239 g/mol. The number of piperidine rings is 1. The molecule has 2 fully saturated rings. The molecule has 1 aliphatic heterocycles. The van der Waals surface area contributed by atoms with E-state index < -0.39 is 0 Å². The molecule has 0 radical (unpaired) electrons. The maximum absolute atomic E-state index is 5.60. The molecule has 1 saturated heterocycles. The van der Waals surface area contributed by atoms with Gasteiger partial charge in [0.15, 0.2) is 0 Å². The van der Waals surface area contributed by atoms with Crippen LogP contribution in [0.1, 0.15) is 32.1 Å². The molecule has 0 unspecified atom stereocenters. The van der Waals surface area contributed by atoms with Crippen molar-refractivity contribution in [1.29, 1.82) is 0 Å². The molecule has 2 rings (SSSR count). The van der Waals surface area contributed by atoms with Crippen molar-refractivity contribution in [2.45, 2.75) is 32.1 Å². The topological polar surface area (TPSA) is 32.5 Å². The highest BCUT2D eigenvalue weighted by atomic mass is 15.1. The van der Waals surface area contributed by atoms with E-state index in [0.29, 0.717) is 0 Å². The molecular weight excluding hydrogens is 210 g/mol. The van der Waals surface area contributed by atoms with Crippen molar-refractivity contribution in [1.82, 2.24) is 9.80 Å². The summed E-state index contributed by atoms with van der Waals surface area (Å²) in [4.78, 5) is 5.09. The minimum Gasteiger partial charge on any atom is -0.329 e. The van der Waals surface area contributed by atoms with Gasteiger partial charge in [-0.2, -0.15) is 0 Å². The zero-order valence-electron chi connectivity index (χ0n) is 11.4. The molecule has 2 N–H and O–H groups in total. The third kappa shape index (κ3) is 4.23. The van der Waals surface area contributed by atoms with Crippen molar-refractivity contribution in [2.24, 2.45) is 17.6 Å². The maximum Gasteiger partial charge on any atom is 0.0105 e. The van der Waals surface area contributed by atoms with E-state index in [2.05, 4.69) is 16.8 Å². The van der Waals surface area contributed by atoms with E-state index in [0.717, 1.165) is 24.9 Å². The fourth-order valence-electron chi connectivity index (χ4n) is 3.21. The average Bonchev–Trinajstić information content (AvgIpc) is 2.27. The normalized spacial score (nSPS) is 24.2. The van der Waals surface area contributed by atoms with E-state index in [9.17, 15) is 0 Å². The highest BCUT2D eigenvalue weighted by molar-refractivity contribution is 4.77. The molecule has 1 saturated carbocycles. The summed E-state index contributed by atoms with van der Waals surface area (Å²) in [6.07, 6.45) is 7.15. The highest BCUT2D eigenvalue weighted by Gasteiger charge is 2.23. The Morgan fingerprint density at radius 3 is 2.12 bits per heavy atom. The fraction of sp³-hybridized carbons (Fsp3) is 1.00. The zero-order chi connectivity index (χ0) is 12.1. The number of nitrogens with zero attached hydrogens (tertiary/aromatic N) is 2. The van der Waals surface area contributed by atoms with Crippen molar-refractivity contribution in [3.63, 3.8) is 0 Å². The molecule has 100 valence electrons. The number of nitrogens with two attached hydrogens (primary N) is 1. The molecule has 3 heteroatoms. The van der Waals surface area contributed by atoms with Gasteiger partial charge >= 0.3 is 0 Å². The van der Waals surface area contributed by atoms with E-state index in [1.54, 1.807) is 0 Å². The summed E-state index contributed by atoms with van der Waals surface area (Å²) in [5.41, 5.74) is 5.60. The molecule has 0 aromatic heterocycles. The number of rotatable bonds is 6. The van der Waals surface area contributed by atoms with Gasteiger partial charge in [0, 0.05) is 26.2 Å². The van der Waals surface area contributed by atoms with Gasteiger partial charge in [-0.3, -0.25) is 0 Å². The number of hydrogen-bond acceptors (Lipinski definition) is 3. The first-order valence-corrected chi connectivity index (χ1v) is 7.39. The predicted molar refractivity (Wildman–Crippen MR) is 73.1 cm³/mol. The Bertz CT molecular complexity index is 208. The molecule has 17 heavy (non-hydrogen) atoms. The minimum atomic E-state index is 0.812. The lowest BCUT2D eigenvalue weighted by Crippen LogP contribution is -2.41. The predicted octanol–water partition coefficient (Wildman–Crippen LogP) is 1.39. The fourth-order valence-corrected chi connectivity index (χ4v) is 3.21. The Morgan fingerprint density at radius 1 is 1.06 bits per heavy atom. The van der Waals surface area contributed by atoms with Gasteiger partial charge in [0.05, 0.1) is 0 Å². The summed E-state index contributed by atoms with van der Waals surface area (Å²) in [6, 6.07) is 0. The standard InChI is InChI=1S/C14H29N3/c1-16(11-13-3-2-4-13)12-14-5-8-17(9-6-14)10-7-15/h13-14H,2-12,15H2,1H3. The molecule has 0 aromatic rings. The molecule has 0 bridgehead atoms. The maximum atomic E-state index is 5.60. The molecule has 0 amide bonds. The van der Waals surface area contributed by atoms with Crippen LogP contribution < -0.4 is 5.73 Å². The summed E-state index contributed by atoms with van der Waals surface area (Å²) >= 11 is 0. The largest absolute Gasteiger partial charge is 0.329 e. The van der Waals surface area contributed by atoms with Crippen LogP contribution in [0.5, 0.6) is 0 Å².